The molecule has 17 heavy (non-hydrogen) atoms. The van der Waals surface area contributed by atoms with Crippen molar-refractivity contribution in [3.05, 3.63) is 27.7 Å². The molecule has 0 aliphatic carbocycles. The molecule has 3 N–H and O–H groups in total. The van der Waals surface area contributed by atoms with Crippen LogP contribution < -0.4 is 11.1 Å². The van der Waals surface area contributed by atoms with Gasteiger partial charge in [0.05, 0.1) is 5.02 Å². The topological polar surface area (TPSA) is 55.1 Å². The van der Waals surface area contributed by atoms with Crippen molar-refractivity contribution in [2.45, 2.75) is 19.8 Å². The van der Waals surface area contributed by atoms with E-state index >= 15 is 0 Å². The molecule has 1 amide bonds. The van der Waals surface area contributed by atoms with E-state index in [0.29, 0.717) is 11.6 Å². The predicted octanol–water partition coefficient (Wildman–Crippen LogP) is 3.42. The van der Waals surface area contributed by atoms with Gasteiger partial charge in [-0.05, 0) is 53.5 Å². The van der Waals surface area contributed by atoms with E-state index in [2.05, 4.69) is 21.2 Å². The Morgan fingerprint density at radius 2 is 2.29 bits per heavy atom. The summed E-state index contributed by atoms with van der Waals surface area (Å²) in [5.74, 6) is -0.0272. The maximum absolute atomic E-state index is 11.8. The Labute approximate surface area is 115 Å². The number of benzene rings is 1. The van der Waals surface area contributed by atoms with Crippen molar-refractivity contribution in [3.8, 4) is 0 Å². The zero-order valence-corrected chi connectivity index (χ0v) is 12.0. The normalized spacial score (nSPS) is 12.2. The molecular weight excluding hydrogens is 304 g/mol. The lowest BCUT2D eigenvalue weighted by atomic mass is 10.0. The van der Waals surface area contributed by atoms with E-state index in [0.717, 1.165) is 23.0 Å². The number of hydrogen-bond donors (Lipinski definition) is 2. The van der Waals surface area contributed by atoms with Crippen LogP contribution in [0.3, 0.4) is 0 Å². The Morgan fingerprint density at radius 3 is 2.88 bits per heavy atom. The van der Waals surface area contributed by atoms with Crippen LogP contribution in [0.2, 0.25) is 5.02 Å². The second-order valence-electron chi connectivity index (χ2n) is 3.95. The number of amides is 1. The van der Waals surface area contributed by atoms with Gasteiger partial charge in [0, 0.05) is 16.1 Å². The molecule has 0 aromatic heterocycles. The van der Waals surface area contributed by atoms with Gasteiger partial charge in [-0.15, -0.1) is 0 Å². The summed E-state index contributed by atoms with van der Waals surface area (Å²) in [6.45, 7) is 2.51. The monoisotopic (exact) mass is 318 g/mol. The number of rotatable bonds is 5. The highest BCUT2D eigenvalue weighted by Gasteiger charge is 2.12. The first kappa shape index (κ1) is 14.5. The molecule has 0 aliphatic rings. The molecule has 0 saturated carbocycles. The zero-order chi connectivity index (χ0) is 12.8. The molecule has 3 nitrogen and oxygen atoms in total. The quantitative estimate of drug-likeness (QED) is 0.873. The van der Waals surface area contributed by atoms with Crippen LogP contribution in [-0.2, 0) is 4.79 Å². The number of anilines is 1. The van der Waals surface area contributed by atoms with Crippen LogP contribution in [0, 0.1) is 5.92 Å². The SMILES string of the molecule is CC(CCCN)C(=O)Nc1ccc(Cl)c(Br)c1. The van der Waals surface area contributed by atoms with Gasteiger partial charge < -0.3 is 11.1 Å². The molecule has 0 saturated heterocycles. The van der Waals surface area contributed by atoms with Gasteiger partial charge in [0.25, 0.3) is 0 Å². The minimum atomic E-state index is -0.0343. The second-order valence-corrected chi connectivity index (χ2v) is 5.21. The molecule has 0 spiro atoms. The van der Waals surface area contributed by atoms with Gasteiger partial charge in [-0.25, -0.2) is 0 Å². The number of halogens is 2. The average Bonchev–Trinajstić information content (AvgIpc) is 2.30. The molecular formula is C12H16BrClN2O. The predicted molar refractivity (Wildman–Crippen MR) is 75.2 cm³/mol. The number of carbonyl (C=O) groups is 1. The van der Waals surface area contributed by atoms with Crippen molar-refractivity contribution < 1.29 is 4.79 Å². The van der Waals surface area contributed by atoms with Gasteiger partial charge in [0.1, 0.15) is 0 Å². The highest BCUT2D eigenvalue weighted by atomic mass is 79.9. The van der Waals surface area contributed by atoms with E-state index in [1.165, 1.54) is 0 Å². The summed E-state index contributed by atoms with van der Waals surface area (Å²) in [7, 11) is 0. The molecule has 1 aromatic rings. The van der Waals surface area contributed by atoms with Crippen LogP contribution in [-0.4, -0.2) is 12.5 Å². The van der Waals surface area contributed by atoms with Crippen molar-refractivity contribution in [1.29, 1.82) is 0 Å². The lowest BCUT2D eigenvalue weighted by Gasteiger charge is -2.12. The summed E-state index contributed by atoms with van der Waals surface area (Å²) >= 11 is 9.19. The van der Waals surface area contributed by atoms with Crippen LogP contribution in [0.15, 0.2) is 22.7 Å². The highest BCUT2D eigenvalue weighted by molar-refractivity contribution is 9.10. The summed E-state index contributed by atoms with van der Waals surface area (Å²) in [5.41, 5.74) is 6.16. The minimum absolute atomic E-state index is 0.00710. The van der Waals surface area contributed by atoms with Crippen molar-refractivity contribution in [2.24, 2.45) is 11.7 Å². The number of carbonyl (C=O) groups excluding carboxylic acids is 1. The summed E-state index contributed by atoms with van der Waals surface area (Å²) < 4.78 is 0.770. The Bertz CT molecular complexity index is 398. The van der Waals surface area contributed by atoms with E-state index in [9.17, 15) is 4.79 Å². The first-order valence-corrected chi connectivity index (χ1v) is 6.67. The van der Waals surface area contributed by atoms with Gasteiger partial charge in [0.2, 0.25) is 5.91 Å². The minimum Gasteiger partial charge on any atom is -0.330 e. The largest absolute Gasteiger partial charge is 0.330 e. The summed E-state index contributed by atoms with van der Waals surface area (Å²) in [6.07, 6.45) is 1.66. The fourth-order valence-electron chi connectivity index (χ4n) is 1.39. The van der Waals surface area contributed by atoms with Crippen LogP contribution in [0.1, 0.15) is 19.8 Å². The molecule has 0 fully saturated rings. The van der Waals surface area contributed by atoms with E-state index in [4.69, 9.17) is 17.3 Å². The van der Waals surface area contributed by atoms with Gasteiger partial charge >= 0.3 is 0 Å². The van der Waals surface area contributed by atoms with Crippen LogP contribution in [0.4, 0.5) is 5.69 Å². The molecule has 0 radical (unpaired) electrons. The van der Waals surface area contributed by atoms with Crippen molar-refractivity contribution in [1.82, 2.24) is 0 Å². The third-order valence-electron chi connectivity index (χ3n) is 2.48. The third-order valence-corrected chi connectivity index (χ3v) is 3.69. The van der Waals surface area contributed by atoms with Gasteiger partial charge in [-0.1, -0.05) is 18.5 Å². The standard InChI is InChI=1S/C12H16BrClN2O/c1-8(3-2-6-15)12(17)16-9-4-5-11(14)10(13)7-9/h4-5,7-8H,2-3,6,15H2,1H3,(H,16,17). The Morgan fingerprint density at radius 1 is 1.59 bits per heavy atom. The molecule has 94 valence electrons. The van der Waals surface area contributed by atoms with Crippen molar-refractivity contribution in [2.75, 3.05) is 11.9 Å². The molecule has 0 aliphatic heterocycles. The molecule has 1 rings (SSSR count). The number of nitrogens with one attached hydrogen (secondary N) is 1. The molecule has 1 atom stereocenters. The smallest absolute Gasteiger partial charge is 0.227 e. The maximum atomic E-state index is 11.8. The van der Waals surface area contributed by atoms with Crippen LogP contribution in [0.5, 0.6) is 0 Å². The fourth-order valence-corrected chi connectivity index (χ4v) is 1.89. The van der Waals surface area contributed by atoms with Crippen molar-refractivity contribution in [3.63, 3.8) is 0 Å². The van der Waals surface area contributed by atoms with Crippen molar-refractivity contribution >= 4 is 39.1 Å². The number of nitrogens with two attached hydrogens (primary N) is 1. The van der Waals surface area contributed by atoms with E-state index < -0.39 is 0 Å². The molecule has 0 bridgehead atoms. The average molecular weight is 320 g/mol. The van der Waals surface area contributed by atoms with Gasteiger partial charge in [-0.3, -0.25) is 4.79 Å². The Kier molecular flexibility index (Phi) is 5.95. The van der Waals surface area contributed by atoms with Gasteiger partial charge in [0.15, 0.2) is 0 Å². The summed E-state index contributed by atoms with van der Waals surface area (Å²) in [4.78, 5) is 11.8. The number of hydrogen-bond acceptors (Lipinski definition) is 2. The van der Waals surface area contributed by atoms with E-state index in [-0.39, 0.29) is 11.8 Å². The molecule has 1 unspecified atom stereocenters. The maximum Gasteiger partial charge on any atom is 0.227 e. The summed E-state index contributed by atoms with van der Waals surface area (Å²) in [6, 6.07) is 5.31. The lowest BCUT2D eigenvalue weighted by molar-refractivity contribution is -0.119. The summed E-state index contributed by atoms with van der Waals surface area (Å²) in [5, 5.41) is 3.47. The fraction of sp³-hybridized carbons (Fsp3) is 0.417. The van der Waals surface area contributed by atoms with Gasteiger partial charge in [-0.2, -0.15) is 0 Å². The molecule has 1 aromatic carbocycles. The second kappa shape index (κ2) is 6.99. The highest BCUT2D eigenvalue weighted by Crippen LogP contribution is 2.25. The third kappa shape index (κ3) is 4.66. The Balaban J connectivity index is 2.58. The molecule has 5 heteroatoms. The Hall–Kier alpha value is -0.580. The first-order chi connectivity index (χ1) is 8.04. The lowest BCUT2D eigenvalue weighted by Crippen LogP contribution is -2.21. The van der Waals surface area contributed by atoms with Crippen LogP contribution in [0.25, 0.3) is 0 Å². The molecule has 0 heterocycles. The first-order valence-electron chi connectivity index (χ1n) is 5.50. The zero-order valence-electron chi connectivity index (χ0n) is 9.67. The van der Waals surface area contributed by atoms with E-state index in [1.54, 1.807) is 18.2 Å². The van der Waals surface area contributed by atoms with E-state index in [1.807, 2.05) is 6.92 Å². The van der Waals surface area contributed by atoms with Crippen LogP contribution >= 0.6 is 27.5 Å².